The molecule has 11 heteroatoms. The highest BCUT2D eigenvalue weighted by Gasteiger charge is 2.31. The second kappa shape index (κ2) is 9.49. The summed E-state index contributed by atoms with van der Waals surface area (Å²) in [6, 6.07) is 18.1. The summed E-state index contributed by atoms with van der Waals surface area (Å²) in [6.07, 6.45) is -4.84. The van der Waals surface area contributed by atoms with Crippen molar-refractivity contribution in [2.45, 2.75) is 11.3 Å². The molecule has 1 amide bonds. The molecule has 1 N–H and O–H groups in total. The van der Waals surface area contributed by atoms with Gasteiger partial charge in [0.2, 0.25) is 5.91 Å². The Hall–Kier alpha value is -3.24. The third-order valence-corrected chi connectivity index (χ3v) is 6.20. The molecule has 0 bridgehead atoms. The standard InChI is InChI=1S/C21H16ClF3N2O4S/c22-18-8-4-5-9-19(18)27(32(29,30)17-6-2-1-3-7-17)14-20(28)26-15-10-12-16(13-11-15)31-21(23,24)25/h1-13H,14H2,(H,26,28). The molecular formula is C21H16ClF3N2O4S. The molecule has 3 aromatic rings. The molecule has 0 fully saturated rings. The number of benzene rings is 3. The van der Waals surface area contributed by atoms with Crippen LogP contribution in [0.2, 0.25) is 5.02 Å². The van der Waals surface area contributed by atoms with E-state index >= 15 is 0 Å². The Balaban J connectivity index is 1.84. The van der Waals surface area contributed by atoms with Gasteiger partial charge in [-0.15, -0.1) is 13.2 Å². The molecule has 0 aliphatic rings. The molecule has 0 aliphatic heterocycles. The number of hydrogen-bond acceptors (Lipinski definition) is 4. The van der Waals surface area contributed by atoms with Gasteiger partial charge in [0.15, 0.2) is 0 Å². The van der Waals surface area contributed by atoms with E-state index < -0.39 is 34.6 Å². The first-order valence-electron chi connectivity index (χ1n) is 9.04. The molecule has 0 heterocycles. The lowest BCUT2D eigenvalue weighted by atomic mass is 10.3. The lowest BCUT2D eigenvalue weighted by Crippen LogP contribution is -2.38. The van der Waals surface area contributed by atoms with Crippen molar-refractivity contribution in [3.63, 3.8) is 0 Å². The number of rotatable bonds is 7. The molecular weight excluding hydrogens is 469 g/mol. The third kappa shape index (κ3) is 5.92. The zero-order chi connectivity index (χ0) is 23.4. The van der Waals surface area contributed by atoms with Crippen molar-refractivity contribution in [1.29, 1.82) is 0 Å². The van der Waals surface area contributed by atoms with Crippen LogP contribution in [-0.2, 0) is 14.8 Å². The third-order valence-electron chi connectivity index (χ3n) is 4.11. The van der Waals surface area contributed by atoms with Gasteiger partial charge >= 0.3 is 6.36 Å². The topological polar surface area (TPSA) is 75.7 Å². The van der Waals surface area contributed by atoms with Gasteiger partial charge in [-0.3, -0.25) is 9.10 Å². The summed E-state index contributed by atoms with van der Waals surface area (Å²) >= 11 is 6.18. The Morgan fingerprint density at radius 2 is 1.53 bits per heavy atom. The van der Waals surface area contributed by atoms with Gasteiger partial charge in [0.1, 0.15) is 12.3 Å². The van der Waals surface area contributed by atoms with Gasteiger partial charge in [0.05, 0.1) is 15.6 Å². The van der Waals surface area contributed by atoms with Crippen molar-refractivity contribution in [2.24, 2.45) is 0 Å². The Morgan fingerprint density at radius 3 is 2.12 bits per heavy atom. The number of nitrogens with one attached hydrogen (secondary N) is 1. The molecule has 0 saturated heterocycles. The van der Waals surface area contributed by atoms with Crippen LogP contribution in [0, 0.1) is 0 Å². The molecule has 3 rings (SSSR count). The van der Waals surface area contributed by atoms with E-state index in [0.717, 1.165) is 16.4 Å². The zero-order valence-electron chi connectivity index (χ0n) is 16.2. The van der Waals surface area contributed by atoms with E-state index in [0.29, 0.717) is 0 Å². The monoisotopic (exact) mass is 484 g/mol. The molecule has 0 atom stereocenters. The minimum Gasteiger partial charge on any atom is -0.406 e. The summed E-state index contributed by atoms with van der Waals surface area (Å²) in [6.45, 7) is -0.623. The van der Waals surface area contributed by atoms with E-state index in [2.05, 4.69) is 10.1 Å². The molecule has 168 valence electrons. The van der Waals surface area contributed by atoms with Crippen LogP contribution in [0.25, 0.3) is 0 Å². The van der Waals surface area contributed by atoms with Crippen molar-refractivity contribution in [3.05, 3.63) is 83.9 Å². The summed E-state index contributed by atoms with van der Waals surface area (Å²) < 4.78 is 67.9. The first kappa shape index (κ1) is 23.4. The number of nitrogens with zero attached hydrogens (tertiary/aromatic N) is 1. The van der Waals surface area contributed by atoms with E-state index in [1.54, 1.807) is 30.3 Å². The van der Waals surface area contributed by atoms with Gasteiger partial charge in [-0.1, -0.05) is 41.9 Å². The highest BCUT2D eigenvalue weighted by Crippen LogP contribution is 2.30. The molecule has 0 spiro atoms. The Bertz CT molecular complexity index is 1190. The number of carbonyl (C=O) groups is 1. The van der Waals surface area contributed by atoms with E-state index in [9.17, 15) is 26.4 Å². The van der Waals surface area contributed by atoms with Crippen LogP contribution < -0.4 is 14.4 Å². The summed E-state index contributed by atoms with van der Waals surface area (Å²) in [5, 5.41) is 2.57. The number of para-hydroxylation sites is 1. The first-order chi connectivity index (χ1) is 15.1. The van der Waals surface area contributed by atoms with E-state index in [4.69, 9.17) is 11.6 Å². The van der Waals surface area contributed by atoms with Crippen LogP contribution in [0.4, 0.5) is 24.5 Å². The Morgan fingerprint density at radius 1 is 0.938 bits per heavy atom. The number of sulfonamides is 1. The van der Waals surface area contributed by atoms with Crippen molar-refractivity contribution >= 4 is 38.9 Å². The average molecular weight is 485 g/mol. The Kier molecular flexibility index (Phi) is 6.95. The lowest BCUT2D eigenvalue weighted by Gasteiger charge is -2.25. The fourth-order valence-electron chi connectivity index (χ4n) is 2.74. The summed E-state index contributed by atoms with van der Waals surface area (Å²) in [5.74, 6) is -1.19. The van der Waals surface area contributed by atoms with Crippen molar-refractivity contribution < 1.29 is 31.1 Å². The molecule has 0 aromatic heterocycles. The van der Waals surface area contributed by atoms with Gasteiger partial charge < -0.3 is 10.1 Å². The summed E-state index contributed by atoms with van der Waals surface area (Å²) in [7, 11) is -4.15. The maximum atomic E-state index is 13.2. The molecule has 32 heavy (non-hydrogen) atoms. The number of anilines is 2. The van der Waals surface area contributed by atoms with Crippen molar-refractivity contribution in [1.82, 2.24) is 0 Å². The maximum absolute atomic E-state index is 13.2. The van der Waals surface area contributed by atoms with Crippen LogP contribution >= 0.6 is 11.6 Å². The largest absolute Gasteiger partial charge is 0.573 e. The maximum Gasteiger partial charge on any atom is 0.573 e. The van der Waals surface area contributed by atoms with Crippen LogP contribution in [-0.4, -0.2) is 27.2 Å². The fourth-order valence-corrected chi connectivity index (χ4v) is 4.49. The molecule has 3 aromatic carbocycles. The van der Waals surface area contributed by atoms with Crippen molar-refractivity contribution in [3.8, 4) is 5.75 Å². The zero-order valence-corrected chi connectivity index (χ0v) is 17.8. The quantitative estimate of drug-likeness (QED) is 0.508. The predicted molar refractivity (Wildman–Crippen MR) is 114 cm³/mol. The summed E-state index contributed by atoms with van der Waals surface area (Å²) in [4.78, 5) is 12.6. The predicted octanol–water partition coefficient (Wildman–Crippen LogP) is 5.07. The molecule has 0 aliphatic carbocycles. The van der Waals surface area contributed by atoms with Crippen LogP contribution in [0.3, 0.4) is 0 Å². The highest BCUT2D eigenvalue weighted by atomic mass is 35.5. The van der Waals surface area contributed by atoms with E-state index in [1.807, 2.05) is 0 Å². The smallest absolute Gasteiger partial charge is 0.406 e. The normalized spacial score (nSPS) is 11.6. The van der Waals surface area contributed by atoms with Gasteiger partial charge in [-0.25, -0.2) is 8.42 Å². The number of alkyl halides is 3. The second-order valence-electron chi connectivity index (χ2n) is 6.40. The minimum atomic E-state index is -4.84. The highest BCUT2D eigenvalue weighted by molar-refractivity contribution is 7.92. The minimum absolute atomic E-state index is 0.0404. The number of carbonyl (C=O) groups excluding carboxylic acids is 1. The Labute approximate surface area is 187 Å². The van der Waals surface area contributed by atoms with Crippen LogP contribution in [0.1, 0.15) is 0 Å². The van der Waals surface area contributed by atoms with E-state index in [-0.39, 0.29) is 21.3 Å². The van der Waals surface area contributed by atoms with Gasteiger partial charge in [0.25, 0.3) is 10.0 Å². The number of halogens is 4. The van der Waals surface area contributed by atoms with E-state index in [1.165, 1.54) is 36.4 Å². The van der Waals surface area contributed by atoms with Crippen LogP contribution in [0.5, 0.6) is 5.75 Å². The van der Waals surface area contributed by atoms with Crippen molar-refractivity contribution in [2.75, 3.05) is 16.2 Å². The molecule has 0 radical (unpaired) electrons. The molecule has 0 saturated carbocycles. The SMILES string of the molecule is O=C(CN(c1ccccc1Cl)S(=O)(=O)c1ccccc1)Nc1ccc(OC(F)(F)F)cc1. The average Bonchev–Trinajstić information content (AvgIpc) is 2.73. The number of amides is 1. The van der Waals surface area contributed by atoms with Crippen LogP contribution in [0.15, 0.2) is 83.8 Å². The lowest BCUT2D eigenvalue weighted by molar-refractivity contribution is -0.274. The van der Waals surface area contributed by atoms with Gasteiger partial charge in [-0.05, 0) is 48.5 Å². The number of hydrogen-bond donors (Lipinski definition) is 1. The first-order valence-corrected chi connectivity index (χ1v) is 10.9. The van der Waals surface area contributed by atoms with Gasteiger partial charge in [-0.2, -0.15) is 0 Å². The number of ether oxygens (including phenoxy) is 1. The summed E-state index contributed by atoms with van der Waals surface area (Å²) in [5.41, 5.74) is 0.253. The fraction of sp³-hybridized carbons (Fsp3) is 0.0952. The molecule has 6 nitrogen and oxygen atoms in total. The second-order valence-corrected chi connectivity index (χ2v) is 8.67. The molecule has 0 unspecified atom stereocenters. The van der Waals surface area contributed by atoms with Gasteiger partial charge in [0, 0.05) is 5.69 Å².